The van der Waals surface area contributed by atoms with Crippen LogP contribution >= 0.6 is 11.3 Å². The third kappa shape index (κ3) is 3.87. The predicted octanol–water partition coefficient (Wildman–Crippen LogP) is 1.57. The van der Waals surface area contributed by atoms with Gasteiger partial charge in [-0.25, -0.2) is 0 Å². The van der Waals surface area contributed by atoms with Crippen LogP contribution in [-0.2, 0) is 6.54 Å². The summed E-state index contributed by atoms with van der Waals surface area (Å²) in [4.78, 5) is 38.3. The molecule has 3 rings (SSSR count). The summed E-state index contributed by atoms with van der Waals surface area (Å²) in [5.74, 6) is -0.410. The SMILES string of the molecule is Cc1sc(=O)[nH]c1C(=O)NCc1cccc(C(=O)NC2CC2)c1. The second-order valence-electron chi connectivity index (χ2n) is 5.58. The van der Waals surface area contributed by atoms with Gasteiger partial charge in [0.25, 0.3) is 11.8 Å². The van der Waals surface area contributed by atoms with Gasteiger partial charge in [-0.05, 0) is 37.5 Å². The van der Waals surface area contributed by atoms with E-state index in [9.17, 15) is 14.4 Å². The van der Waals surface area contributed by atoms with Crippen molar-refractivity contribution in [3.05, 3.63) is 55.6 Å². The van der Waals surface area contributed by atoms with Crippen LogP contribution < -0.4 is 15.5 Å². The van der Waals surface area contributed by atoms with Gasteiger partial charge in [0, 0.05) is 23.0 Å². The quantitative estimate of drug-likeness (QED) is 0.776. The average Bonchev–Trinajstić information content (AvgIpc) is 3.27. The number of amides is 2. The van der Waals surface area contributed by atoms with Crippen molar-refractivity contribution in [1.29, 1.82) is 0 Å². The van der Waals surface area contributed by atoms with Crippen LogP contribution in [0.1, 0.15) is 44.1 Å². The summed E-state index contributed by atoms with van der Waals surface area (Å²) in [6, 6.07) is 7.47. The molecule has 3 N–H and O–H groups in total. The third-order valence-electron chi connectivity index (χ3n) is 3.61. The number of benzene rings is 1. The van der Waals surface area contributed by atoms with E-state index in [1.54, 1.807) is 25.1 Å². The molecule has 0 atom stereocenters. The van der Waals surface area contributed by atoms with Crippen LogP contribution in [0, 0.1) is 6.92 Å². The predicted molar refractivity (Wildman–Crippen MR) is 87.8 cm³/mol. The maximum absolute atomic E-state index is 12.1. The Bertz CT molecular complexity index is 805. The first-order valence-electron chi connectivity index (χ1n) is 7.40. The molecule has 0 unspecified atom stereocenters. The molecular formula is C16H17N3O3S. The molecule has 1 aromatic carbocycles. The van der Waals surface area contributed by atoms with Gasteiger partial charge in [0.05, 0.1) is 0 Å². The Labute approximate surface area is 136 Å². The van der Waals surface area contributed by atoms with Crippen molar-refractivity contribution in [3.8, 4) is 0 Å². The molecule has 1 heterocycles. The second-order valence-corrected chi connectivity index (χ2v) is 6.76. The molecule has 1 aliphatic carbocycles. The number of aromatic nitrogens is 1. The molecule has 1 aliphatic rings. The van der Waals surface area contributed by atoms with E-state index in [4.69, 9.17) is 0 Å². The van der Waals surface area contributed by atoms with Crippen molar-refractivity contribution in [2.24, 2.45) is 0 Å². The van der Waals surface area contributed by atoms with Crippen molar-refractivity contribution >= 4 is 23.2 Å². The fraction of sp³-hybridized carbons (Fsp3) is 0.312. The topological polar surface area (TPSA) is 91.1 Å². The number of carbonyl (C=O) groups is 2. The summed E-state index contributed by atoms with van der Waals surface area (Å²) in [6.07, 6.45) is 2.08. The molecule has 2 aromatic rings. The van der Waals surface area contributed by atoms with Crippen molar-refractivity contribution in [2.75, 3.05) is 0 Å². The zero-order valence-electron chi connectivity index (χ0n) is 12.6. The molecule has 1 fully saturated rings. The van der Waals surface area contributed by atoms with E-state index < -0.39 is 0 Å². The minimum Gasteiger partial charge on any atom is -0.349 e. The third-order valence-corrected chi connectivity index (χ3v) is 4.40. The molecule has 120 valence electrons. The summed E-state index contributed by atoms with van der Waals surface area (Å²) in [5.41, 5.74) is 1.71. The summed E-state index contributed by atoms with van der Waals surface area (Å²) in [7, 11) is 0. The highest BCUT2D eigenvalue weighted by Crippen LogP contribution is 2.19. The lowest BCUT2D eigenvalue weighted by molar-refractivity contribution is 0.0942. The number of H-pyrrole nitrogens is 1. The standard InChI is InChI=1S/C16H17N3O3S/c1-9-13(19-16(22)23-9)15(21)17-8-10-3-2-4-11(7-10)14(20)18-12-5-6-12/h2-4,7,12H,5-6,8H2,1H3,(H,17,21)(H,18,20)(H,19,22). The zero-order valence-corrected chi connectivity index (χ0v) is 13.5. The Balaban J connectivity index is 1.63. The number of aryl methyl sites for hydroxylation is 1. The number of hydrogen-bond acceptors (Lipinski definition) is 4. The molecule has 6 nitrogen and oxygen atoms in total. The van der Waals surface area contributed by atoms with Crippen molar-refractivity contribution in [3.63, 3.8) is 0 Å². The minimum atomic E-state index is -0.325. The highest BCUT2D eigenvalue weighted by Gasteiger charge is 2.23. The van der Waals surface area contributed by atoms with E-state index in [-0.39, 0.29) is 16.7 Å². The lowest BCUT2D eigenvalue weighted by atomic mass is 10.1. The summed E-state index contributed by atoms with van der Waals surface area (Å²) < 4.78 is 0. The highest BCUT2D eigenvalue weighted by atomic mass is 32.1. The van der Waals surface area contributed by atoms with Crippen LogP contribution in [0.3, 0.4) is 0 Å². The summed E-state index contributed by atoms with van der Waals surface area (Å²) >= 11 is 1.01. The number of thiazole rings is 1. The van der Waals surface area contributed by atoms with Gasteiger partial charge in [0.1, 0.15) is 5.69 Å². The Morgan fingerprint density at radius 2 is 2.09 bits per heavy atom. The monoisotopic (exact) mass is 331 g/mol. The van der Waals surface area contributed by atoms with Crippen molar-refractivity contribution in [1.82, 2.24) is 15.6 Å². The first-order chi connectivity index (χ1) is 11.0. The van der Waals surface area contributed by atoms with E-state index in [1.165, 1.54) is 0 Å². The van der Waals surface area contributed by atoms with E-state index in [0.717, 1.165) is 29.7 Å². The molecule has 0 radical (unpaired) electrons. The largest absolute Gasteiger partial charge is 0.349 e. The molecule has 7 heteroatoms. The fourth-order valence-electron chi connectivity index (χ4n) is 2.21. The first-order valence-corrected chi connectivity index (χ1v) is 8.22. The smallest absolute Gasteiger partial charge is 0.305 e. The molecule has 2 amide bonds. The Kier molecular flexibility index (Phi) is 4.29. The van der Waals surface area contributed by atoms with Gasteiger partial charge in [-0.1, -0.05) is 23.5 Å². The van der Waals surface area contributed by atoms with Gasteiger partial charge in [0.15, 0.2) is 0 Å². The van der Waals surface area contributed by atoms with Gasteiger partial charge >= 0.3 is 4.87 Å². The van der Waals surface area contributed by atoms with E-state index >= 15 is 0 Å². The Morgan fingerprint density at radius 1 is 1.30 bits per heavy atom. The molecule has 0 spiro atoms. The molecule has 0 aliphatic heterocycles. The molecule has 0 saturated heterocycles. The molecule has 1 saturated carbocycles. The van der Waals surface area contributed by atoms with Crippen LogP contribution in [0.15, 0.2) is 29.1 Å². The number of nitrogens with one attached hydrogen (secondary N) is 3. The van der Waals surface area contributed by atoms with Gasteiger partial charge in [-0.15, -0.1) is 0 Å². The molecular weight excluding hydrogens is 314 g/mol. The van der Waals surface area contributed by atoms with E-state index in [0.29, 0.717) is 28.7 Å². The fourth-order valence-corrected chi connectivity index (χ4v) is 2.89. The van der Waals surface area contributed by atoms with E-state index in [1.807, 2.05) is 6.07 Å². The number of rotatable bonds is 5. The highest BCUT2D eigenvalue weighted by molar-refractivity contribution is 7.09. The van der Waals surface area contributed by atoms with Crippen LogP contribution in [0.25, 0.3) is 0 Å². The number of hydrogen-bond donors (Lipinski definition) is 3. The number of aromatic amines is 1. The van der Waals surface area contributed by atoms with E-state index in [2.05, 4.69) is 15.6 Å². The average molecular weight is 331 g/mol. The minimum absolute atomic E-state index is 0.0846. The van der Waals surface area contributed by atoms with Gasteiger partial charge < -0.3 is 15.6 Å². The zero-order chi connectivity index (χ0) is 16.4. The lowest BCUT2D eigenvalue weighted by Gasteiger charge is -2.07. The summed E-state index contributed by atoms with van der Waals surface area (Å²) in [5, 5.41) is 5.69. The van der Waals surface area contributed by atoms with Crippen LogP contribution in [-0.4, -0.2) is 22.8 Å². The Hall–Kier alpha value is -2.41. The maximum atomic E-state index is 12.1. The summed E-state index contributed by atoms with van der Waals surface area (Å²) in [6.45, 7) is 2.01. The molecule has 0 bridgehead atoms. The second kappa shape index (κ2) is 6.37. The molecule has 1 aromatic heterocycles. The molecule has 23 heavy (non-hydrogen) atoms. The lowest BCUT2D eigenvalue weighted by Crippen LogP contribution is -2.26. The van der Waals surface area contributed by atoms with Crippen molar-refractivity contribution < 1.29 is 9.59 Å². The van der Waals surface area contributed by atoms with Gasteiger partial charge in [-0.2, -0.15) is 0 Å². The normalized spacial score (nSPS) is 13.6. The van der Waals surface area contributed by atoms with Crippen LogP contribution in [0.4, 0.5) is 0 Å². The Morgan fingerprint density at radius 3 is 2.74 bits per heavy atom. The van der Waals surface area contributed by atoms with Gasteiger partial charge in [0.2, 0.25) is 0 Å². The van der Waals surface area contributed by atoms with Crippen molar-refractivity contribution in [2.45, 2.75) is 32.4 Å². The van der Waals surface area contributed by atoms with Crippen LogP contribution in [0.2, 0.25) is 0 Å². The maximum Gasteiger partial charge on any atom is 0.305 e. The van der Waals surface area contributed by atoms with Crippen LogP contribution in [0.5, 0.6) is 0 Å². The number of carbonyl (C=O) groups excluding carboxylic acids is 2. The first kappa shape index (κ1) is 15.5. The van der Waals surface area contributed by atoms with Gasteiger partial charge in [-0.3, -0.25) is 14.4 Å².